The molecule has 15 heavy (non-hydrogen) atoms. The zero-order valence-electron chi connectivity index (χ0n) is 9.01. The van der Waals surface area contributed by atoms with E-state index in [-0.39, 0.29) is 0 Å². The number of rotatable bonds is 3. The van der Waals surface area contributed by atoms with Crippen molar-refractivity contribution in [2.24, 2.45) is 7.05 Å². The maximum Gasteiger partial charge on any atom is 0.159 e. The lowest BCUT2D eigenvalue weighted by Gasteiger charge is -2.02. The van der Waals surface area contributed by atoms with Gasteiger partial charge in [-0.1, -0.05) is 13.3 Å². The maximum absolute atomic E-state index is 6.05. The van der Waals surface area contributed by atoms with Crippen molar-refractivity contribution < 1.29 is 0 Å². The molecular formula is C10H15N5. The van der Waals surface area contributed by atoms with Crippen LogP contribution in [0.4, 0.5) is 5.69 Å². The van der Waals surface area contributed by atoms with Gasteiger partial charge in [0.05, 0.1) is 11.4 Å². The van der Waals surface area contributed by atoms with Gasteiger partial charge in [-0.2, -0.15) is 5.10 Å². The van der Waals surface area contributed by atoms with E-state index in [1.54, 1.807) is 17.2 Å². The second kappa shape index (κ2) is 3.76. The highest BCUT2D eigenvalue weighted by Crippen LogP contribution is 2.21. The van der Waals surface area contributed by atoms with Crippen molar-refractivity contribution in [2.45, 2.75) is 19.8 Å². The Morgan fingerprint density at radius 2 is 2.27 bits per heavy atom. The number of nitrogens with zero attached hydrogens (tertiary/aromatic N) is 4. The predicted molar refractivity (Wildman–Crippen MR) is 58.7 cm³/mol. The summed E-state index contributed by atoms with van der Waals surface area (Å²) in [6.45, 7) is 2.12. The molecule has 0 amide bonds. The highest BCUT2D eigenvalue weighted by Gasteiger charge is 2.13. The Morgan fingerprint density at radius 1 is 1.47 bits per heavy atom. The third kappa shape index (κ3) is 1.60. The molecule has 0 unspecified atom stereocenters. The van der Waals surface area contributed by atoms with E-state index < -0.39 is 0 Å². The lowest BCUT2D eigenvalue weighted by molar-refractivity contribution is 0.708. The van der Waals surface area contributed by atoms with Gasteiger partial charge in [0.1, 0.15) is 6.33 Å². The summed E-state index contributed by atoms with van der Waals surface area (Å²) in [5.74, 6) is 0.885. The molecule has 0 fully saturated rings. The van der Waals surface area contributed by atoms with E-state index in [9.17, 15) is 0 Å². The van der Waals surface area contributed by atoms with Crippen molar-refractivity contribution in [3.05, 3.63) is 24.4 Å². The smallest absolute Gasteiger partial charge is 0.159 e. The maximum atomic E-state index is 6.05. The summed E-state index contributed by atoms with van der Waals surface area (Å²) in [7, 11) is 1.89. The molecule has 5 nitrogen and oxygen atoms in total. The van der Waals surface area contributed by atoms with Crippen LogP contribution >= 0.6 is 0 Å². The molecule has 2 heterocycles. The number of nitrogen functional groups attached to an aromatic ring is 1. The number of nitrogens with two attached hydrogens (primary N) is 1. The molecule has 2 N–H and O–H groups in total. The first-order chi connectivity index (χ1) is 7.24. The number of hydrogen-bond acceptors (Lipinski definition) is 3. The van der Waals surface area contributed by atoms with Crippen LogP contribution in [0.1, 0.15) is 19.0 Å². The first-order valence-corrected chi connectivity index (χ1v) is 5.03. The molecule has 0 aromatic carbocycles. The molecule has 0 atom stereocenters. The summed E-state index contributed by atoms with van der Waals surface area (Å²) < 4.78 is 3.67. The van der Waals surface area contributed by atoms with Crippen molar-refractivity contribution in [2.75, 3.05) is 5.73 Å². The number of imidazole rings is 1. The van der Waals surface area contributed by atoms with E-state index in [2.05, 4.69) is 17.0 Å². The van der Waals surface area contributed by atoms with Crippen LogP contribution < -0.4 is 5.73 Å². The van der Waals surface area contributed by atoms with Gasteiger partial charge >= 0.3 is 0 Å². The van der Waals surface area contributed by atoms with Crippen molar-refractivity contribution in [1.29, 1.82) is 0 Å². The van der Waals surface area contributed by atoms with Gasteiger partial charge in [-0.05, 0) is 6.42 Å². The van der Waals surface area contributed by atoms with Crippen LogP contribution in [0.2, 0.25) is 0 Å². The average Bonchev–Trinajstić information content (AvgIpc) is 2.77. The topological polar surface area (TPSA) is 61.7 Å². The van der Waals surface area contributed by atoms with Gasteiger partial charge in [-0.15, -0.1) is 0 Å². The highest BCUT2D eigenvalue weighted by molar-refractivity contribution is 5.57. The van der Waals surface area contributed by atoms with Gasteiger partial charge in [-0.25, -0.2) is 9.67 Å². The van der Waals surface area contributed by atoms with Crippen LogP contribution in [0.5, 0.6) is 0 Å². The zero-order chi connectivity index (χ0) is 10.8. The first-order valence-electron chi connectivity index (χ1n) is 5.03. The van der Waals surface area contributed by atoms with Crippen LogP contribution in [0, 0.1) is 0 Å². The SMILES string of the molecule is CCCc1nn(C)c(-n2ccnc2)c1N. The molecule has 2 aromatic rings. The molecule has 2 rings (SSSR count). The number of hydrogen-bond donors (Lipinski definition) is 1. The predicted octanol–water partition coefficient (Wildman–Crippen LogP) is 1.14. The van der Waals surface area contributed by atoms with Gasteiger partial charge in [0, 0.05) is 19.4 Å². The fourth-order valence-corrected chi connectivity index (χ4v) is 1.70. The van der Waals surface area contributed by atoms with Crippen molar-refractivity contribution in [3.63, 3.8) is 0 Å². The summed E-state index contributed by atoms with van der Waals surface area (Å²) in [6, 6.07) is 0. The minimum atomic E-state index is 0.748. The molecule has 0 saturated carbocycles. The van der Waals surface area contributed by atoms with E-state index in [0.29, 0.717) is 0 Å². The van der Waals surface area contributed by atoms with E-state index in [4.69, 9.17) is 5.73 Å². The van der Waals surface area contributed by atoms with E-state index in [1.165, 1.54) is 0 Å². The van der Waals surface area contributed by atoms with Crippen LogP contribution in [0.15, 0.2) is 18.7 Å². The fraction of sp³-hybridized carbons (Fsp3) is 0.400. The van der Waals surface area contributed by atoms with Gasteiger partial charge < -0.3 is 5.73 Å². The Kier molecular flexibility index (Phi) is 2.45. The lowest BCUT2D eigenvalue weighted by atomic mass is 10.2. The average molecular weight is 205 g/mol. The van der Waals surface area contributed by atoms with Crippen molar-refractivity contribution >= 4 is 5.69 Å². The Hall–Kier alpha value is -1.78. The zero-order valence-corrected chi connectivity index (χ0v) is 9.01. The summed E-state index contributed by atoms with van der Waals surface area (Å²) in [4.78, 5) is 4.00. The summed E-state index contributed by atoms with van der Waals surface area (Å²) in [6.07, 6.45) is 7.27. The minimum absolute atomic E-state index is 0.748. The van der Waals surface area contributed by atoms with E-state index in [0.717, 1.165) is 30.0 Å². The Bertz CT molecular complexity index is 441. The number of aromatic nitrogens is 4. The van der Waals surface area contributed by atoms with Crippen LogP contribution in [-0.4, -0.2) is 19.3 Å². The summed E-state index contributed by atoms with van der Waals surface area (Å²) in [5, 5.41) is 4.40. The Labute approximate surface area is 88.5 Å². The van der Waals surface area contributed by atoms with Crippen molar-refractivity contribution in [1.82, 2.24) is 19.3 Å². The largest absolute Gasteiger partial charge is 0.394 e. The molecule has 0 saturated heterocycles. The molecule has 0 bridgehead atoms. The standard InChI is InChI=1S/C10H15N5/c1-3-4-8-9(11)10(14(2)13-8)15-6-5-12-7-15/h5-7H,3-4,11H2,1-2H3. The normalized spacial score (nSPS) is 10.8. The fourth-order valence-electron chi connectivity index (χ4n) is 1.70. The number of anilines is 1. The van der Waals surface area contributed by atoms with Crippen LogP contribution in [0.25, 0.3) is 5.82 Å². The van der Waals surface area contributed by atoms with Gasteiger partial charge in [-0.3, -0.25) is 4.57 Å². The molecule has 0 aliphatic heterocycles. The minimum Gasteiger partial charge on any atom is -0.394 e. The summed E-state index contributed by atoms with van der Waals surface area (Å²) in [5.41, 5.74) is 7.76. The van der Waals surface area contributed by atoms with Gasteiger partial charge in [0.25, 0.3) is 0 Å². The third-order valence-electron chi connectivity index (χ3n) is 2.36. The Balaban J connectivity index is 2.48. The molecule has 0 aliphatic carbocycles. The summed E-state index contributed by atoms with van der Waals surface area (Å²) >= 11 is 0. The molecule has 0 radical (unpaired) electrons. The van der Waals surface area contributed by atoms with E-state index in [1.807, 2.05) is 17.8 Å². The van der Waals surface area contributed by atoms with Crippen molar-refractivity contribution in [3.8, 4) is 5.82 Å². The third-order valence-corrected chi connectivity index (χ3v) is 2.36. The molecular weight excluding hydrogens is 190 g/mol. The highest BCUT2D eigenvalue weighted by atomic mass is 15.3. The molecule has 0 aliphatic rings. The second-order valence-corrected chi connectivity index (χ2v) is 3.53. The second-order valence-electron chi connectivity index (χ2n) is 3.53. The first kappa shape index (κ1) is 9.76. The molecule has 2 aromatic heterocycles. The quantitative estimate of drug-likeness (QED) is 0.817. The van der Waals surface area contributed by atoms with Crippen LogP contribution in [0.3, 0.4) is 0 Å². The monoisotopic (exact) mass is 205 g/mol. The number of aryl methyl sites for hydroxylation is 2. The van der Waals surface area contributed by atoms with Gasteiger partial charge in [0.15, 0.2) is 5.82 Å². The van der Waals surface area contributed by atoms with Gasteiger partial charge in [0.2, 0.25) is 0 Å². The Morgan fingerprint density at radius 3 is 2.87 bits per heavy atom. The van der Waals surface area contributed by atoms with Crippen LogP contribution in [-0.2, 0) is 13.5 Å². The molecule has 5 heteroatoms. The molecule has 80 valence electrons. The lowest BCUT2D eigenvalue weighted by Crippen LogP contribution is -2.02. The van der Waals surface area contributed by atoms with E-state index >= 15 is 0 Å². The molecule has 0 spiro atoms.